The van der Waals surface area contributed by atoms with Crippen LogP contribution in [0.2, 0.25) is 0 Å². The molecule has 3 aromatic rings. The molecule has 0 N–H and O–H groups in total. The van der Waals surface area contributed by atoms with Crippen LogP contribution in [0.4, 0.5) is 4.39 Å². The van der Waals surface area contributed by atoms with Gasteiger partial charge in [-0.25, -0.2) is 16.8 Å². The Balaban J connectivity index is 2.19. The lowest BCUT2D eigenvalue weighted by Crippen LogP contribution is -2.16. The summed E-state index contributed by atoms with van der Waals surface area (Å²) in [4.78, 5) is 11.6. The molecule has 0 aliphatic carbocycles. The normalized spacial score (nSPS) is 11.6. The lowest BCUT2D eigenvalue weighted by molar-refractivity contribution is -0.140. The number of hydrogen-bond donors (Lipinski definition) is 0. The number of nitrogens with zero attached hydrogens (tertiary/aromatic N) is 1. The van der Waals surface area contributed by atoms with Crippen molar-refractivity contribution >= 4 is 26.9 Å². The maximum atomic E-state index is 13.5. The summed E-state index contributed by atoms with van der Waals surface area (Å²) >= 11 is 0. The molecule has 0 radical (unpaired) electrons. The third-order valence-corrected chi connectivity index (χ3v) is 5.67. The van der Waals surface area contributed by atoms with Crippen LogP contribution in [-0.4, -0.2) is 25.5 Å². The smallest absolute Gasteiger partial charge is 0.305 e. The number of aromatic nitrogens is 1. The molecule has 2 aromatic carbocycles. The molecule has 0 aliphatic heterocycles. The first-order valence-electron chi connectivity index (χ1n) is 7.61. The molecule has 5 nitrogen and oxygen atoms in total. The number of carbonyl (C=O) groups is 1. The van der Waals surface area contributed by atoms with Crippen molar-refractivity contribution in [3.8, 4) is 0 Å². The van der Waals surface area contributed by atoms with Gasteiger partial charge in [0.2, 0.25) is 0 Å². The van der Waals surface area contributed by atoms with Gasteiger partial charge in [-0.2, -0.15) is 0 Å². The first kappa shape index (κ1) is 17.2. The summed E-state index contributed by atoms with van der Waals surface area (Å²) < 4.78 is 45.5. The van der Waals surface area contributed by atoms with Crippen molar-refractivity contribution in [1.82, 2.24) is 3.97 Å². The van der Waals surface area contributed by atoms with Crippen LogP contribution in [0.1, 0.15) is 12.1 Å². The first-order chi connectivity index (χ1) is 11.9. The van der Waals surface area contributed by atoms with Crippen molar-refractivity contribution in [3.63, 3.8) is 0 Å². The zero-order valence-corrected chi connectivity index (χ0v) is 14.3. The summed E-state index contributed by atoms with van der Waals surface area (Å²) in [5, 5.41) is 0.458. The van der Waals surface area contributed by atoms with Gasteiger partial charge in [0.15, 0.2) is 0 Å². The minimum absolute atomic E-state index is 0.0274. The Labute approximate surface area is 144 Å². The topological polar surface area (TPSA) is 65.4 Å². The number of esters is 1. The Bertz CT molecular complexity index is 1030. The lowest BCUT2D eigenvalue weighted by Gasteiger charge is -2.12. The fraction of sp³-hybridized carbons (Fsp3) is 0.167. The zero-order chi connectivity index (χ0) is 18.0. The summed E-state index contributed by atoms with van der Waals surface area (Å²) in [6, 6.07) is 13.5. The quantitative estimate of drug-likeness (QED) is 0.655. The molecule has 25 heavy (non-hydrogen) atoms. The van der Waals surface area contributed by atoms with Gasteiger partial charge in [0.25, 0.3) is 10.0 Å². The molecule has 0 unspecified atom stereocenters. The Morgan fingerprint density at radius 2 is 1.84 bits per heavy atom. The average Bonchev–Trinajstić information content (AvgIpc) is 2.98. The Kier molecular flexibility index (Phi) is 4.59. The third kappa shape index (κ3) is 3.28. The number of ether oxygens (including phenoxy) is 1. The van der Waals surface area contributed by atoms with Gasteiger partial charge in [-0.1, -0.05) is 18.2 Å². The molecule has 0 atom stereocenters. The van der Waals surface area contributed by atoms with Gasteiger partial charge in [0, 0.05) is 11.1 Å². The van der Waals surface area contributed by atoms with Crippen molar-refractivity contribution in [2.24, 2.45) is 0 Å². The van der Waals surface area contributed by atoms with Gasteiger partial charge in [0.1, 0.15) is 5.82 Å². The minimum atomic E-state index is -3.88. The van der Waals surface area contributed by atoms with Crippen molar-refractivity contribution in [3.05, 3.63) is 66.1 Å². The Hall–Kier alpha value is -2.67. The van der Waals surface area contributed by atoms with E-state index in [-0.39, 0.29) is 17.7 Å². The van der Waals surface area contributed by atoms with E-state index in [2.05, 4.69) is 4.74 Å². The van der Waals surface area contributed by atoms with E-state index in [4.69, 9.17) is 0 Å². The minimum Gasteiger partial charge on any atom is -0.469 e. The van der Waals surface area contributed by atoms with Gasteiger partial charge in [-0.05, 0) is 42.8 Å². The van der Waals surface area contributed by atoms with Crippen molar-refractivity contribution in [2.75, 3.05) is 7.11 Å². The molecule has 7 heteroatoms. The molecule has 0 aliphatic rings. The number of benzene rings is 2. The number of halogens is 1. The molecule has 130 valence electrons. The monoisotopic (exact) mass is 361 g/mol. The van der Waals surface area contributed by atoms with Gasteiger partial charge < -0.3 is 4.74 Å². The van der Waals surface area contributed by atoms with E-state index in [9.17, 15) is 17.6 Å². The van der Waals surface area contributed by atoms with Crippen molar-refractivity contribution in [1.29, 1.82) is 0 Å². The zero-order valence-electron chi connectivity index (χ0n) is 13.5. The summed E-state index contributed by atoms with van der Waals surface area (Å²) in [6.07, 6.45) is 0.189. The molecule has 1 aromatic heterocycles. The molecule has 0 bridgehead atoms. The van der Waals surface area contributed by atoms with E-state index < -0.39 is 21.8 Å². The number of methoxy groups -OCH3 is 1. The second kappa shape index (κ2) is 6.68. The maximum Gasteiger partial charge on any atom is 0.305 e. The SMILES string of the molecule is COC(=O)CCc1cc2cc(F)ccc2n1S(=O)(=O)c1ccccc1. The molecular weight excluding hydrogens is 345 g/mol. The van der Waals surface area contributed by atoms with Gasteiger partial charge >= 0.3 is 5.97 Å². The molecule has 1 heterocycles. The fourth-order valence-electron chi connectivity index (χ4n) is 2.71. The highest BCUT2D eigenvalue weighted by Gasteiger charge is 2.23. The number of carbonyl (C=O) groups excluding carboxylic acids is 1. The molecule has 0 fully saturated rings. The molecular formula is C18H16FNO4S. The van der Waals surface area contributed by atoms with E-state index in [1.807, 2.05) is 0 Å². The molecule has 0 amide bonds. The van der Waals surface area contributed by atoms with E-state index in [1.54, 1.807) is 24.3 Å². The summed E-state index contributed by atoms with van der Waals surface area (Å²) in [7, 11) is -2.61. The molecule has 0 saturated carbocycles. The third-order valence-electron chi connectivity index (χ3n) is 3.89. The molecule has 0 spiro atoms. The second-order valence-electron chi connectivity index (χ2n) is 5.50. The highest BCUT2D eigenvalue weighted by molar-refractivity contribution is 7.90. The number of fused-ring (bicyclic) bond motifs is 1. The van der Waals surface area contributed by atoms with E-state index in [0.717, 1.165) is 0 Å². The fourth-order valence-corrected chi connectivity index (χ4v) is 4.30. The predicted octanol–water partition coefficient (Wildman–Crippen LogP) is 3.12. The van der Waals surface area contributed by atoms with Crippen LogP contribution >= 0.6 is 0 Å². The highest BCUT2D eigenvalue weighted by atomic mass is 32.2. The highest BCUT2D eigenvalue weighted by Crippen LogP contribution is 2.27. The van der Waals surface area contributed by atoms with Crippen LogP contribution in [-0.2, 0) is 26.0 Å². The van der Waals surface area contributed by atoms with Crippen LogP contribution in [0.25, 0.3) is 10.9 Å². The van der Waals surface area contributed by atoms with Gasteiger partial charge in [0.05, 0.1) is 23.9 Å². The van der Waals surface area contributed by atoms with Crippen LogP contribution in [0.3, 0.4) is 0 Å². The van der Waals surface area contributed by atoms with E-state index in [1.165, 1.54) is 41.4 Å². The summed E-state index contributed by atoms with van der Waals surface area (Å²) in [6.45, 7) is 0. The number of aryl methyl sites for hydroxylation is 1. The van der Waals surface area contributed by atoms with Crippen molar-refractivity contribution in [2.45, 2.75) is 17.7 Å². The summed E-state index contributed by atoms with van der Waals surface area (Å²) in [5.74, 6) is -0.902. The number of hydrogen-bond acceptors (Lipinski definition) is 4. The van der Waals surface area contributed by atoms with Crippen LogP contribution < -0.4 is 0 Å². The standard InChI is InChI=1S/C18H16FNO4S/c1-24-18(21)10-8-15-12-13-11-14(19)7-9-17(13)20(15)25(22,23)16-5-3-2-4-6-16/h2-7,9,11-12H,8,10H2,1H3. The Morgan fingerprint density at radius 1 is 1.12 bits per heavy atom. The first-order valence-corrected chi connectivity index (χ1v) is 9.05. The molecule has 3 rings (SSSR count). The van der Waals surface area contributed by atoms with Crippen molar-refractivity contribution < 1.29 is 22.3 Å². The predicted molar refractivity (Wildman–Crippen MR) is 91.3 cm³/mol. The van der Waals surface area contributed by atoms with E-state index in [0.29, 0.717) is 16.6 Å². The maximum absolute atomic E-state index is 13.5. The molecule has 0 saturated heterocycles. The van der Waals surface area contributed by atoms with Crippen LogP contribution in [0.15, 0.2) is 59.5 Å². The van der Waals surface area contributed by atoms with Crippen LogP contribution in [0, 0.1) is 5.82 Å². The van der Waals surface area contributed by atoms with Gasteiger partial charge in [-0.3, -0.25) is 4.79 Å². The number of rotatable bonds is 5. The average molecular weight is 361 g/mol. The Morgan fingerprint density at radius 3 is 2.52 bits per heavy atom. The lowest BCUT2D eigenvalue weighted by atomic mass is 10.2. The second-order valence-corrected chi connectivity index (χ2v) is 7.28. The largest absolute Gasteiger partial charge is 0.469 e. The van der Waals surface area contributed by atoms with Gasteiger partial charge in [-0.15, -0.1) is 0 Å². The summed E-state index contributed by atoms with van der Waals surface area (Å²) in [5.41, 5.74) is 0.764. The van der Waals surface area contributed by atoms with Crippen LogP contribution in [0.5, 0.6) is 0 Å². The van der Waals surface area contributed by atoms with E-state index >= 15 is 0 Å².